The number of hydrogen-bond acceptors (Lipinski definition) is 4. The predicted octanol–water partition coefficient (Wildman–Crippen LogP) is 0.961. The number of ether oxygens (including phenoxy) is 2. The second-order valence-electron chi connectivity index (χ2n) is 2.18. The summed E-state index contributed by atoms with van der Waals surface area (Å²) in [6, 6.07) is 0. The van der Waals surface area contributed by atoms with Crippen molar-refractivity contribution in [3.63, 3.8) is 0 Å². The van der Waals surface area contributed by atoms with E-state index in [2.05, 4.69) is 16.1 Å². The molecule has 14 heavy (non-hydrogen) atoms. The summed E-state index contributed by atoms with van der Waals surface area (Å²) in [5.41, 5.74) is 0. The Balaban J connectivity index is 3.59. The normalized spacial score (nSPS) is 13.4. The molecule has 0 aliphatic carbocycles. The van der Waals surface area contributed by atoms with Crippen molar-refractivity contribution in [2.75, 3.05) is 6.61 Å². The van der Waals surface area contributed by atoms with Crippen molar-refractivity contribution in [2.24, 2.45) is 0 Å². The van der Waals surface area contributed by atoms with Crippen LogP contribution in [-0.2, 0) is 14.3 Å². The summed E-state index contributed by atoms with van der Waals surface area (Å²) in [5, 5.41) is 8.81. The van der Waals surface area contributed by atoms with Crippen LogP contribution in [0.5, 0.6) is 0 Å². The number of carbonyl (C=O) groups is 1. The van der Waals surface area contributed by atoms with Gasteiger partial charge < -0.3 is 9.84 Å². The van der Waals surface area contributed by atoms with Crippen LogP contribution >= 0.6 is 0 Å². The topological polar surface area (TPSA) is 55.8 Å². The molecule has 0 radical (unpaired) electrons. The van der Waals surface area contributed by atoms with E-state index in [0.717, 1.165) is 6.08 Å². The number of carbonyl (C=O) groups excluding carboxylic acids is 1. The minimum absolute atomic E-state index is 0.459. The third-order valence-electron chi connectivity index (χ3n) is 1.05. The van der Waals surface area contributed by atoms with Gasteiger partial charge in [0.15, 0.2) is 0 Å². The van der Waals surface area contributed by atoms with E-state index in [-0.39, 0.29) is 0 Å². The van der Waals surface area contributed by atoms with E-state index >= 15 is 0 Å². The maximum absolute atomic E-state index is 11.4. The molecular formula is C7H9F3O4. The zero-order chi connectivity index (χ0) is 11.2. The van der Waals surface area contributed by atoms with Crippen LogP contribution in [0.4, 0.5) is 13.2 Å². The van der Waals surface area contributed by atoms with E-state index in [1.807, 2.05) is 0 Å². The zero-order valence-corrected chi connectivity index (χ0v) is 7.08. The van der Waals surface area contributed by atoms with Crippen LogP contribution in [0.2, 0.25) is 0 Å². The molecule has 0 spiro atoms. The van der Waals surface area contributed by atoms with E-state index in [4.69, 9.17) is 5.11 Å². The van der Waals surface area contributed by atoms with Crippen LogP contribution in [0.3, 0.4) is 0 Å². The molecule has 4 nitrogen and oxygen atoms in total. The fourth-order valence-corrected chi connectivity index (χ4v) is 0.517. The van der Waals surface area contributed by atoms with Gasteiger partial charge in [-0.15, -0.1) is 13.2 Å². The zero-order valence-electron chi connectivity index (χ0n) is 7.08. The molecule has 7 heteroatoms. The molecule has 0 aliphatic heterocycles. The fourth-order valence-electron chi connectivity index (χ4n) is 0.517. The number of alkyl halides is 3. The van der Waals surface area contributed by atoms with Crippen molar-refractivity contribution in [1.82, 2.24) is 0 Å². The van der Waals surface area contributed by atoms with Gasteiger partial charge >= 0.3 is 12.3 Å². The summed E-state index contributed by atoms with van der Waals surface area (Å²) in [7, 11) is 0. The predicted molar refractivity (Wildman–Crippen MR) is 38.9 cm³/mol. The van der Waals surface area contributed by atoms with Crippen molar-refractivity contribution < 1.29 is 32.5 Å². The van der Waals surface area contributed by atoms with E-state index in [0.29, 0.717) is 0 Å². The second kappa shape index (κ2) is 5.61. The average Bonchev–Trinajstić information content (AvgIpc) is 2.01. The highest BCUT2D eigenvalue weighted by Crippen LogP contribution is 2.16. The molecule has 0 aromatic heterocycles. The van der Waals surface area contributed by atoms with E-state index in [9.17, 15) is 18.0 Å². The number of aliphatic hydroxyl groups excluding tert-OH is 1. The average molecular weight is 214 g/mol. The van der Waals surface area contributed by atoms with Gasteiger partial charge in [-0.3, -0.25) is 4.74 Å². The lowest BCUT2D eigenvalue weighted by molar-refractivity contribution is -0.327. The summed E-state index contributed by atoms with van der Waals surface area (Å²) >= 11 is 0. The van der Waals surface area contributed by atoms with Gasteiger partial charge in [-0.1, -0.05) is 6.58 Å². The molecule has 1 N–H and O–H groups in total. The molecule has 0 saturated heterocycles. The Morgan fingerprint density at radius 1 is 1.57 bits per heavy atom. The molecule has 0 aromatic carbocycles. The van der Waals surface area contributed by atoms with Gasteiger partial charge in [0.25, 0.3) is 0 Å². The number of halogens is 3. The lowest BCUT2D eigenvalue weighted by atomic mass is 10.4. The van der Waals surface area contributed by atoms with Crippen molar-refractivity contribution in [1.29, 1.82) is 0 Å². The molecular weight excluding hydrogens is 205 g/mol. The standard InChI is InChI=1S/C7H9F3O4/c1-2-5(11)14-6(12)3-4-13-7(8,9)10/h2,6,12H,1,3-4H2. The summed E-state index contributed by atoms with van der Waals surface area (Å²) in [6.07, 6.45) is -6.04. The van der Waals surface area contributed by atoms with Gasteiger partial charge in [-0.05, 0) is 0 Å². The molecule has 0 aromatic rings. The summed E-state index contributed by atoms with van der Waals surface area (Å²) in [5.74, 6) is -0.912. The molecule has 0 bridgehead atoms. The minimum atomic E-state index is -4.75. The Morgan fingerprint density at radius 2 is 2.14 bits per heavy atom. The molecule has 0 heterocycles. The van der Waals surface area contributed by atoms with Gasteiger partial charge in [0, 0.05) is 12.5 Å². The van der Waals surface area contributed by atoms with Gasteiger partial charge in [0.05, 0.1) is 6.61 Å². The van der Waals surface area contributed by atoms with E-state index < -0.39 is 31.6 Å². The maximum Gasteiger partial charge on any atom is 0.522 e. The van der Waals surface area contributed by atoms with Crippen LogP contribution in [0.1, 0.15) is 6.42 Å². The van der Waals surface area contributed by atoms with Crippen molar-refractivity contribution >= 4 is 5.97 Å². The molecule has 82 valence electrons. The second-order valence-corrected chi connectivity index (χ2v) is 2.18. The Kier molecular flexibility index (Phi) is 5.18. The largest absolute Gasteiger partial charge is 0.522 e. The van der Waals surface area contributed by atoms with Crippen molar-refractivity contribution in [3.05, 3.63) is 12.7 Å². The number of rotatable bonds is 5. The molecule has 1 atom stereocenters. The lowest BCUT2D eigenvalue weighted by Gasteiger charge is -2.11. The monoisotopic (exact) mass is 214 g/mol. The minimum Gasteiger partial charge on any atom is -0.433 e. The molecule has 0 saturated carbocycles. The van der Waals surface area contributed by atoms with E-state index in [1.165, 1.54) is 0 Å². The number of hydrogen-bond donors (Lipinski definition) is 1. The number of esters is 1. The van der Waals surface area contributed by atoms with Crippen LogP contribution in [0.15, 0.2) is 12.7 Å². The summed E-state index contributed by atoms with van der Waals surface area (Å²) in [4.78, 5) is 10.4. The van der Waals surface area contributed by atoms with Crippen molar-refractivity contribution in [3.8, 4) is 0 Å². The first kappa shape index (κ1) is 12.9. The SMILES string of the molecule is C=CC(=O)OC(O)CCOC(F)(F)F. The first-order valence-corrected chi connectivity index (χ1v) is 3.57. The highest BCUT2D eigenvalue weighted by atomic mass is 19.4. The third-order valence-corrected chi connectivity index (χ3v) is 1.05. The fraction of sp³-hybridized carbons (Fsp3) is 0.571. The van der Waals surface area contributed by atoms with Crippen LogP contribution < -0.4 is 0 Å². The molecule has 1 unspecified atom stereocenters. The highest BCUT2D eigenvalue weighted by Gasteiger charge is 2.29. The Labute approximate surface area is 77.9 Å². The maximum atomic E-state index is 11.4. The first-order valence-electron chi connectivity index (χ1n) is 3.57. The molecule has 0 amide bonds. The highest BCUT2D eigenvalue weighted by molar-refractivity contribution is 5.81. The van der Waals surface area contributed by atoms with Gasteiger partial charge in [0.2, 0.25) is 6.29 Å². The first-order chi connectivity index (χ1) is 6.35. The smallest absolute Gasteiger partial charge is 0.433 e. The van der Waals surface area contributed by atoms with Crippen LogP contribution in [0.25, 0.3) is 0 Å². The van der Waals surface area contributed by atoms with Crippen molar-refractivity contribution in [2.45, 2.75) is 19.1 Å². The van der Waals surface area contributed by atoms with Crippen LogP contribution in [-0.4, -0.2) is 30.3 Å². The number of aliphatic hydroxyl groups is 1. The third kappa shape index (κ3) is 7.56. The summed E-state index contributed by atoms with van der Waals surface area (Å²) in [6.45, 7) is 2.25. The van der Waals surface area contributed by atoms with Crippen LogP contribution in [0, 0.1) is 0 Å². The van der Waals surface area contributed by atoms with Gasteiger partial charge in [-0.25, -0.2) is 4.79 Å². The quantitative estimate of drug-likeness (QED) is 0.420. The Morgan fingerprint density at radius 3 is 2.57 bits per heavy atom. The van der Waals surface area contributed by atoms with E-state index in [1.54, 1.807) is 0 Å². The van der Waals surface area contributed by atoms with Gasteiger partial charge in [-0.2, -0.15) is 0 Å². The lowest BCUT2D eigenvalue weighted by Crippen LogP contribution is -2.21. The van der Waals surface area contributed by atoms with Gasteiger partial charge in [0.1, 0.15) is 0 Å². The Hall–Kier alpha value is -1.08. The Bertz CT molecular complexity index is 202. The molecule has 0 fully saturated rings. The molecule has 0 aliphatic rings. The molecule has 0 rings (SSSR count). The summed E-state index contributed by atoms with van der Waals surface area (Å²) < 4.78 is 41.7.